The highest BCUT2D eigenvalue weighted by Gasteiger charge is 2.53. The third-order valence-corrected chi connectivity index (χ3v) is 18.3. The molecular weight excluding hydrogens is 870 g/mol. The number of aromatic nitrogens is 1. The number of nitrogens with zero attached hydrogens (tertiary/aromatic N) is 3. The van der Waals surface area contributed by atoms with E-state index in [9.17, 15) is 0 Å². The van der Waals surface area contributed by atoms with Gasteiger partial charge in [-0.15, -0.1) is 0 Å². The predicted molar refractivity (Wildman–Crippen MR) is 309 cm³/mol. The molecule has 7 aromatic carbocycles. The van der Waals surface area contributed by atoms with Crippen LogP contribution in [0.25, 0.3) is 27.5 Å². The van der Waals surface area contributed by atoms with Gasteiger partial charge in [0.15, 0.2) is 0 Å². The van der Waals surface area contributed by atoms with Gasteiger partial charge in [-0.3, -0.25) is 0 Å². The van der Waals surface area contributed by atoms with Gasteiger partial charge in [0.1, 0.15) is 0 Å². The molecule has 4 heteroatoms. The van der Waals surface area contributed by atoms with Crippen molar-refractivity contribution in [1.29, 1.82) is 0 Å². The van der Waals surface area contributed by atoms with Gasteiger partial charge in [-0.2, -0.15) is 0 Å². The van der Waals surface area contributed by atoms with Crippen LogP contribution in [0.2, 0.25) is 0 Å². The molecule has 3 nitrogen and oxygen atoms in total. The summed E-state index contributed by atoms with van der Waals surface area (Å²) in [6.45, 7) is 28.2. The quantitative estimate of drug-likeness (QED) is 0.163. The summed E-state index contributed by atoms with van der Waals surface area (Å²) in [7, 11) is 0. The maximum absolute atomic E-state index is 2.72. The largest absolute Gasteiger partial charge is 0.311 e. The first-order chi connectivity index (χ1) is 34.1. The van der Waals surface area contributed by atoms with Gasteiger partial charge in [-0.1, -0.05) is 168 Å². The minimum Gasteiger partial charge on any atom is -0.311 e. The molecule has 4 saturated carbocycles. The maximum atomic E-state index is 2.72. The molecule has 0 saturated heterocycles. The van der Waals surface area contributed by atoms with E-state index >= 15 is 0 Å². The number of fused-ring (bicyclic) bond motifs is 7. The molecule has 1 aromatic heterocycles. The zero-order valence-corrected chi connectivity index (χ0v) is 45.2. The van der Waals surface area contributed by atoms with Crippen molar-refractivity contribution in [2.75, 3.05) is 9.80 Å². The van der Waals surface area contributed by atoms with Gasteiger partial charge < -0.3 is 14.4 Å². The molecule has 72 heavy (non-hydrogen) atoms. The molecule has 0 radical (unpaired) electrons. The van der Waals surface area contributed by atoms with Crippen LogP contribution in [0.3, 0.4) is 0 Å². The lowest BCUT2D eigenvalue weighted by molar-refractivity contribution is -0.00460. The van der Waals surface area contributed by atoms with E-state index in [-0.39, 0.29) is 33.8 Å². The SMILES string of the molecule is CC(C)(C)c1ccc(N2c3ccc(C(C)(C)C)cc3B3c4cc(C(C)(C)C)ccc4N(c4ccc(C(C)(C)C)cc4)c4cc(-n5c6ccccc6c6cccc(C78CC9CC(CC(C9)C7)C8)c65)cc2c43)cc1. The second-order valence-electron chi connectivity index (χ2n) is 27.4. The lowest BCUT2D eigenvalue weighted by atomic mass is 9.33. The third-order valence-electron chi connectivity index (χ3n) is 18.3. The van der Waals surface area contributed by atoms with Gasteiger partial charge in [0.2, 0.25) is 0 Å². The van der Waals surface area contributed by atoms with Gasteiger partial charge in [-0.05, 0) is 182 Å². The summed E-state index contributed by atoms with van der Waals surface area (Å²) >= 11 is 0. The van der Waals surface area contributed by atoms with Crippen molar-refractivity contribution in [3.8, 4) is 5.69 Å². The van der Waals surface area contributed by atoms with Crippen LogP contribution in [0.5, 0.6) is 0 Å². The lowest BCUT2D eigenvalue weighted by Crippen LogP contribution is -2.61. The fourth-order valence-corrected chi connectivity index (χ4v) is 15.0. The zero-order chi connectivity index (χ0) is 50.0. The number of anilines is 6. The van der Waals surface area contributed by atoms with E-state index in [0.717, 1.165) is 17.8 Å². The summed E-state index contributed by atoms with van der Waals surface area (Å²) in [6, 6.07) is 55.8. The highest BCUT2D eigenvalue weighted by molar-refractivity contribution is 7.00. The van der Waals surface area contributed by atoms with Crippen molar-refractivity contribution in [3.63, 3.8) is 0 Å². The standard InChI is InChI=1S/C68H74BN3/c1-64(2,3)45-20-26-49(27-21-45)70-58-30-24-47(66(7,8)9)35-55(58)69-56-36-48(67(10,11)12)25-31-59(56)71(50-28-22-46(23-29-50)65(4,5)6)61-38-51(37-60(70)62(61)69)72-57-19-14-13-16-52(57)53-17-15-18-54(63(53)72)68-39-42-32-43(40-68)34-44(33-42)41-68/h13-31,35-38,42-44H,32-34,39-41H2,1-12H3. The van der Waals surface area contributed by atoms with E-state index in [1.807, 2.05) is 0 Å². The molecule has 0 N–H and O–H groups in total. The molecule has 3 heterocycles. The van der Waals surface area contributed by atoms with Crippen molar-refractivity contribution in [2.45, 2.75) is 149 Å². The highest BCUT2D eigenvalue weighted by atomic mass is 15.2. The van der Waals surface area contributed by atoms with Crippen molar-refractivity contribution in [3.05, 3.63) is 167 Å². The van der Waals surface area contributed by atoms with Crippen LogP contribution in [0.4, 0.5) is 34.1 Å². The Morgan fingerprint density at radius 1 is 0.417 bits per heavy atom. The molecule has 0 spiro atoms. The van der Waals surface area contributed by atoms with Crippen molar-refractivity contribution >= 4 is 79.0 Å². The predicted octanol–water partition coefficient (Wildman–Crippen LogP) is 16.5. The Balaban J connectivity index is 1.16. The molecule has 6 aliphatic rings. The highest BCUT2D eigenvalue weighted by Crippen LogP contribution is 2.62. The number of hydrogen-bond acceptors (Lipinski definition) is 2. The van der Waals surface area contributed by atoms with Crippen molar-refractivity contribution in [1.82, 2.24) is 4.57 Å². The number of rotatable bonds is 4. The van der Waals surface area contributed by atoms with Crippen LogP contribution in [0.1, 0.15) is 149 Å². The van der Waals surface area contributed by atoms with Crippen LogP contribution >= 0.6 is 0 Å². The second kappa shape index (κ2) is 15.5. The molecule has 0 amide bonds. The number of hydrogen-bond donors (Lipinski definition) is 0. The van der Waals surface area contributed by atoms with E-state index in [1.54, 1.807) is 5.56 Å². The average Bonchev–Trinajstić information content (AvgIpc) is 3.66. The molecule has 14 rings (SSSR count). The first-order valence-corrected chi connectivity index (χ1v) is 27.5. The Labute approximate surface area is 430 Å². The van der Waals surface area contributed by atoms with Crippen LogP contribution in [0.15, 0.2) is 140 Å². The molecular formula is C68H74BN3. The first-order valence-electron chi connectivity index (χ1n) is 27.5. The molecule has 364 valence electrons. The molecule has 0 unspecified atom stereocenters. The fourth-order valence-electron chi connectivity index (χ4n) is 15.0. The molecule has 4 bridgehead atoms. The average molecular weight is 944 g/mol. The Morgan fingerprint density at radius 3 is 1.31 bits per heavy atom. The van der Waals surface area contributed by atoms with Crippen LogP contribution < -0.4 is 26.2 Å². The lowest BCUT2D eigenvalue weighted by Gasteiger charge is -2.57. The summed E-state index contributed by atoms with van der Waals surface area (Å²) in [5.41, 5.74) is 22.7. The van der Waals surface area contributed by atoms with Gasteiger partial charge in [0.25, 0.3) is 6.71 Å². The van der Waals surface area contributed by atoms with Gasteiger partial charge >= 0.3 is 0 Å². The van der Waals surface area contributed by atoms with Crippen molar-refractivity contribution in [2.24, 2.45) is 17.8 Å². The monoisotopic (exact) mass is 944 g/mol. The Bertz CT molecular complexity index is 3300. The smallest absolute Gasteiger partial charge is 0.252 e. The minimum atomic E-state index is -0.0300. The van der Waals surface area contributed by atoms with E-state index in [1.165, 1.54) is 139 Å². The van der Waals surface area contributed by atoms with Crippen LogP contribution in [-0.2, 0) is 27.1 Å². The fraction of sp³-hybridized carbons (Fsp3) is 0.382. The first kappa shape index (κ1) is 45.8. The van der Waals surface area contributed by atoms with Gasteiger partial charge in [0, 0.05) is 44.9 Å². The summed E-state index contributed by atoms with van der Waals surface area (Å²) in [5, 5.41) is 2.72. The molecule has 2 aliphatic heterocycles. The molecule has 4 aliphatic carbocycles. The van der Waals surface area contributed by atoms with E-state index < -0.39 is 0 Å². The topological polar surface area (TPSA) is 11.4 Å². The Morgan fingerprint density at radius 2 is 0.847 bits per heavy atom. The third kappa shape index (κ3) is 7.04. The summed E-state index contributed by atoms with van der Waals surface area (Å²) < 4.78 is 2.72. The normalized spacial score (nSPS) is 21.4. The summed E-state index contributed by atoms with van der Waals surface area (Å²) in [5.74, 6) is 2.55. The molecule has 0 atom stereocenters. The van der Waals surface area contributed by atoms with Crippen molar-refractivity contribution < 1.29 is 0 Å². The van der Waals surface area contributed by atoms with Gasteiger partial charge in [0.05, 0.1) is 16.7 Å². The maximum Gasteiger partial charge on any atom is 0.252 e. The molecule has 8 aromatic rings. The Kier molecular flexibility index (Phi) is 9.88. The van der Waals surface area contributed by atoms with E-state index in [4.69, 9.17) is 0 Å². The minimum absolute atomic E-state index is 0.00887. The summed E-state index contributed by atoms with van der Waals surface area (Å²) in [6.07, 6.45) is 8.29. The van der Waals surface area contributed by atoms with Crippen LogP contribution in [-0.4, -0.2) is 11.3 Å². The Hall–Kier alpha value is -6.00. The zero-order valence-electron chi connectivity index (χ0n) is 45.2. The number of benzene rings is 7. The summed E-state index contributed by atoms with van der Waals surface area (Å²) in [4.78, 5) is 5.28. The van der Waals surface area contributed by atoms with Crippen LogP contribution in [0, 0.1) is 17.8 Å². The van der Waals surface area contributed by atoms with E-state index in [2.05, 4.69) is 237 Å². The van der Waals surface area contributed by atoms with E-state index in [0.29, 0.717) is 0 Å². The van der Waals surface area contributed by atoms with Gasteiger partial charge in [-0.25, -0.2) is 0 Å². The second-order valence-corrected chi connectivity index (χ2v) is 27.4. The molecule has 4 fully saturated rings. The number of para-hydroxylation sites is 2.